The molecule has 0 spiro atoms. The maximum atomic E-state index is 6.33. The SMILES string of the molecule is CCNC(c1cc(C)c(C)s1)c1cc(Cl)ccc1Cl. The summed E-state index contributed by atoms with van der Waals surface area (Å²) in [4.78, 5) is 2.62. The molecule has 0 bridgehead atoms. The molecule has 1 heterocycles. The van der Waals surface area contributed by atoms with Crippen molar-refractivity contribution in [2.75, 3.05) is 6.54 Å². The van der Waals surface area contributed by atoms with Crippen LogP contribution in [0.5, 0.6) is 0 Å². The minimum Gasteiger partial charge on any atom is -0.306 e. The molecule has 0 aliphatic rings. The second-order valence-electron chi connectivity index (χ2n) is 4.54. The van der Waals surface area contributed by atoms with Gasteiger partial charge in [0, 0.05) is 19.8 Å². The van der Waals surface area contributed by atoms with Gasteiger partial charge < -0.3 is 5.32 Å². The van der Waals surface area contributed by atoms with Gasteiger partial charge in [0.05, 0.1) is 6.04 Å². The van der Waals surface area contributed by atoms with Crippen LogP contribution in [0.3, 0.4) is 0 Å². The van der Waals surface area contributed by atoms with Gasteiger partial charge >= 0.3 is 0 Å². The van der Waals surface area contributed by atoms with Crippen LogP contribution in [-0.2, 0) is 0 Å². The highest BCUT2D eigenvalue weighted by Gasteiger charge is 2.19. The Bertz CT molecular complexity index is 558. The minimum atomic E-state index is 0.105. The van der Waals surface area contributed by atoms with E-state index in [1.807, 2.05) is 29.5 Å². The lowest BCUT2D eigenvalue weighted by atomic mass is 10.0. The van der Waals surface area contributed by atoms with E-state index in [0.717, 1.165) is 17.1 Å². The van der Waals surface area contributed by atoms with Crippen molar-refractivity contribution >= 4 is 34.5 Å². The van der Waals surface area contributed by atoms with Gasteiger partial charge in [-0.1, -0.05) is 30.1 Å². The maximum Gasteiger partial charge on any atom is 0.0686 e. The van der Waals surface area contributed by atoms with Crippen LogP contribution in [-0.4, -0.2) is 6.54 Å². The van der Waals surface area contributed by atoms with E-state index in [2.05, 4.69) is 32.2 Å². The first-order chi connectivity index (χ1) is 9.02. The molecule has 0 aliphatic carbocycles. The molecular formula is C15H17Cl2NS. The third-order valence-electron chi connectivity index (χ3n) is 3.15. The van der Waals surface area contributed by atoms with Gasteiger partial charge in [-0.25, -0.2) is 0 Å². The molecule has 2 aromatic rings. The molecule has 1 N–H and O–H groups in total. The lowest BCUT2D eigenvalue weighted by molar-refractivity contribution is 0.640. The van der Waals surface area contributed by atoms with E-state index < -0.39 is 0 Å². The molecule has 1 nitrogen and oxygen atoms in total. The number of rotatable bonds is 4. The fourth-order valence-corrected chi connectivity index (χ4v) is 3.59. The van der Waals surface area contributed by atoms with E-state index in [0.29, 0.717) is 5.02 Å². The molecule has 19 heavy (non-hydrogen) atoms. The molecule has 1 unspecified atom stereocenters. The first-order valence-electron chi connectivity index (χ1n) is 6.28. The predicted octanol–water partition coefficient (Wildman–Crippen LogP) is 5.37. The Morgan fingerprint density at radius 2 is 1.95 bits per heavy atom. The number of benzene rings is 1. The van der Waals surface area contributed by atoms with Crippen LogP contribution < -0.4 is 5.32 Å². The van der Waals surface area contributed by atoms with Crippen LogP contribution >= 0.6 is 34.5 Å². The summed E-state index contributed by atoms with van der Waals surface area (Å²) in [7, 11) is 0. The van der Waals surface area contributed by atoms with Crippen molar-refractivity contribution in [2.45, 2.75) is 26.8 Å². The molecule has 1 aromatic carbocycles. The minimum absolute atomic E-state index is 0.105. The number of halogens is 2. The molecule has 0 amide bonds. The highest BCUT2D eigenvalue weighted by molar-refractivity contribution is 7.12. The molecule has 1 aromatic heterocycles. The number of hydrogen-bond donors (Lipinski definition) is 1. The molecule has 0 aliphatic heterocycles. The average molecular weight is 314 g/mol. The van der Waals surface area contributed by atoms with Crippen molar-refractivity contribution in [3.05, 3.63) is 55.2 Å². The molecule has 0 saturated carbocycles. The van der Waals surface area contributed by atoms with E-state index in [1.54, 1.807) is 0 Å². The van der Waals surface area contributed by atoms with Crippen molar-refractivity contribution in [3.63, 3.8) is 0 Å². The van der Waals surface area contributed by atoms with Gasteiger partial charge in [-0.15, -0.1) is 11.3 Å². The summed E-state index contributed by atoms with van der Waals surface area (Å²) in [5.74, 6) is 0. The van der Waals surface area contributed by atoms with Gasteiger partial charge in [0.25, 0.3) is 0 Å². The summed E-state index contributed by atoms with van der Waals surface area (Å²) in [6.45, 7) is 7.26. The molecule has 102 valence electrons. The summed E-state index contributed by atoms with van der Waals surface area (Å²) in [6, 6.07) is 7.96. The zero-order valence-electron chi connectivity index (χ0n) is 11.3. The summed E-state index contributed by atoms with van der Waals surface area (Å²) in [5, 5.41) is 4.96. The Hall–Kier alpha value is -0.540. The Labute approximate surface area is 128 Å². The molecule has 0 saturated heterocycles. The average Bonchev–Trinajstić information content (AvgIpc) is 2.70. The summed E-state index contributed by atoms with van der Waals surface area (Å²) < 4.78 is 0. The Balaban J connectivity index is 2.47. The second kappa shape index (κ2) is 6.27. The molecule has 1 atom stereocenters. The third kappa shape index (κ3) is 3.32. The van der Waals surface area contributed by atoms with Crippen LogP contribution in [0.15, 0.2) is 24.3 Å². The van der Waals surface area contributed by atoms with Gasteiger partial charge in [0.15, 0.2) is 0 Å². The monoisotopic (exact) mass is 313 g/mol. The number of aryl methyl sites for hydroxylation is 2. The first kappa shape index (κ1) is 14.9. The quantitative estimate of drug-likeness (QED) is 0.800. The molecule has 2 rings (SSSR count). The van der Waals surface area contributed by atoms with Crippen LogP contribution in [0.2, 0.25) is 10.0 Å². The number of hydrogen-bond acceptors (Lipinski definition) is 2. The van der Waals surface area contributed by atoms with Gasteiger partial charge in [0.2, 0.25) is 0 Å². The highest BCUT2D eigenvalue weighted by Crippen LogP contribution is 2.35. The third-order valence-corrected chi connectivity index (χ3v) is 4.94. The van der Waals surface area contributed by atoms with E-state index in [4.69, 9.17) is 23.2 Å². The zero-order chi connectivity index (χ0) is 14.0. The highest BCUT2D eigenvalue weighted by atomic mass is 35.5. The molecule has 0 fully saturated rings. The summed E-state index contributed by atoms with van der Waals surface area (Å²) >= 11 is 14.2. The van der Waals surface area contributed by atoms with E-state index >= 15 is 0 Å². The van der Waals surface area contributed by atoms with E-state index in [1.165, 1.54) is 15.3 Å². The van der Waals surface area contributed by atoms with Gasteiger partial charge in [0.1, 0.15) is 0 Å². The van der Waals surface area contributed by atoms with Crippen molar-refractivity contribution in [1.82, 2.24) is 5.32 Å². The fraction of sp³-hybridized carbons (Fsp3) is 0.333. The van der Waals surface area contributed by atoms with Crippen molar-refractivity contribution in [2.24, 2.45) is 0 Å². The van der Waals surface area contributed by atoms with Crippen LogP contribution in [0, 0.1) is 13.8 Å². The van der Waals surface area contributed by atoms with Crippen molar-refractivity contribution in [3.8, 4) is 0 Å². The van der Waals surface area contributed by atoms with Crippen LogP contribution in [0.4, 0.5) is 0 Å². The second-order valence-corrected chi connectivity index (χ2v) is 6.68. The Kier molecular flexibility index (Phi) is 4.91. The van der Waals surface area contributed by atoms with E-state index in [9.17, 15) is 0 Å². The Morgan fingerprint density at radius 3 is 2.53 bits per heavy atom. The summed E-state index contributed by atoms with van der Waals surface area (Å²) in [5.41, 5.74) is 2.36. The molecule has 4 heteroatoms. The molecule has 0 radical (unpaired) electrons. The topological polar surface area (TPSA) is 12.0 Å². The van der Waals surface area contributed by atoms with E-state index in [-0.39, 0.29) is 6.04 Å². The normalized spacial score (nSPS) is 12.7. The number of nitrogens with one attached hydrogen (secondary N) is 1. The van der Waals surface area contributed by atoms with Crippen molar-refractivity contribution < 1.29 is 0 Å². The predicted molar refractivity (Wildman–Crippen MR) is 85.8 cm³/mol. The first-order valence-corrected chi connectivity index (χ1v) is 7.85. The number of thiophene rings is 1. The van der Waals surface area contributed by atoms with Gasteiger partial charge in [-0.3, -0.25) is 0 Å². The lowest BCUT2D eigenvalue weighted by Gasteiger charge is -2.18. The van der Waals surface area contributed by atoms with Gasteiger partial charge in [-0.2, -0.15) is 0 Å². The molecular weight excluding hydrogens is 297 g/mol. The summed E-state index contributed by atoms with van der Waals surface area (Å²) in [6.07, 6.45) is 0. The zero-order valence-corrected chi connectivity index (χ0v) is 13.6. The largest absolute Gasteiger partial charge is 0.306 e. The maximum absolute atomic E-state index is 6.33. The lowest BCUT2D eigenvalue weighted by Crippen LogP contribution is -2.21. The standard InChI is InChI=1S/C15H17Cl2NS/c1-4-18-15(14-7-9(2)10(3)19-14)12-8-11(16)5-6-13(12)17/h5-8,15,18H,4H2,1-3H3. The fourth-order valence-electron chi connectivity index (χ4n) is 2.05. The van der Waals surface area contributed by atoms with Gasteiger partial charge in [-0.05, 0) is 55.8 Å². The Morgan fingerprint density at radius 1 is 1.21 bits per heavy atom. The van der Waals surface area contributed by atoms with Crippen molar-refractivity contribution in [1.29, 1.82) is 0 Å². The smallest absolute Gasteiger partial charge is 0.0686 e. The van der Waals surface area contributed by atoms with Crippen LogP contribution in [0.25, 0.3) is 0 Å². The van der Waals surface area contributed by atoms with Crippen LogP contribution in [0.1, 0.15) is 33.8 Å².